The van der Waals surface area contributed by atoms with Gasteiger partial charge in [0.2, 0.25) is 0 Å². The van der Waals surface area contributed by atoms with Crippen LogP contribution in [-0.2, 0) is 11.3 Å². The summed E-state index contributed by atoms with van der Waals surface area (Å²) in [6.45, 7) is 8.21. The van der Waals surface area contributed by atoms with E-state index in [2.05, 4.69) is 16.8 Å². The number of nitrogens with one attached hydrogen (secondary N) is 1. The molecule has 1 aromatic carbocycles. The van der Waals surface area contributed by atoms with Crippen LogP contribution in [0.4, 0.5) is 0 Å². The average Bonchev–Trinajstić information content (AvgIpc) is 2.64. The molecule has 0 spiro atoms. The number of pyridine rings is 1. The van der Waals surface area contributed by atoms with E-state index in [0.29, 0.717) is 30.1 Å². The van der Waals surface area contributed by atoms with Crippen molar-refractivity contribution in [3.63, 3.8) is 0 Å². The van der Waals surface area contributed by atoms with Gasteiger partial charge in [0.25, 0.3) is 0 Å². The first-order valence-corrected chi connectivity index (χ1v) is 9.58. The molecule has 1 atom stereocenters. The van der Waals surface area contributed by atoms with Crippen molar-refractivity contribution in [1.29, 1.82) is 0 Å². The van der Waals surface area contributed by atoms with Crippen LogP contribution in [0.2, 0.25) is 0 Å². The van der Waals surface area contributed by atoms with Gasteiger partial charge in [0.15, 0.2) is 5.43 Å². The Morgan fingerprint density at radius 3 is 2.88 bits per heavy atom. The summed E-state index contributed by atoms with van der Waals surface area (Å²) in [4.78, 5) is 31.0. The molecule has 3 rings (SSSR count). The van der Waals surface area contributed by atoms with Gasteiger partial charge in [-0.15, -0.1) is 0 Å². The van der Waals surface area contributed by atoms with E-state index < -0.39 is 0 Å². The molecule has 0 aliphatic carbocycles. The second-order valence-corrected chi connectivity index (χ2v) is 7.27. The summed E-state index contributed by atoms with van der Waals surface area (Å²) in [5, 5.41) is 0.557. The zero-order chi connectivity index (χ0) is 18.7. The van der Waals surface area contributed by atoms with Gasteiger partial charge in [-0.2, -0.15) is 0 Å². The molecular weight excluding hydrogens is 328 g/mol. The lowest BCUT2D eigenvalue weighted by Crippen LogP contribution is -2.38. The first-order valence-electron chi connectivity index (χ1n) is 9.58. The topological polar surface area (TPSA) is 62.4 Å². The minimum atomic E-state index is -0.375. The van der Waals surface area contributed by atoms with Gasteiger partial charge in [0.05, 0.1) is 12.2 Å². The Bertz CT molecular complexity index is 856. The van der Waals surface area contributed by atoms with Crippen molar-refractivity contribution < 1.29 is 9.53 Å². The van der Waals surface area contributed by atoms with E-state index in [0.717, 1.165) is 29.7 Å². The van der Waals surface area contributed by atoms with Crippen molar-refractivity contribution in [3.05, 3.63) is 45.2 Å². The summed E-state index contributed by atoms with van der Waals surface area (Å²) < 4.78 is 5.20. The number of carbonyl (C=O) groups excluding carboxylic acids is 1. The number of ether oxygens (including phenoxy) is 1. The zero-order valence-corrected chi connectivity index (χ0v) is 15.9. The van der Waals surface area contributed by atoms with Crippen LogP contribution >= 0.6 is 0 Å². The van der Waals surface area contributed by atoms with E-state index in [1.165, 1.54) is 19.3 Å². The average molecular weight is 356 g/mol. The number of benzene rings is 1. The highest BCUT2D eigenvalue weighted by Crippen LogP contribution is 2.21. The summed E-state index contributed by atoms with van der Waals surface area (Å²) in [6.07, 6.45) is 4.39. The fourth-order valence-corrected chi connectivity index (χ4v) is 3.64. The van der Waals surface area contributed by atoms with E-state index in [1.54, 1.807) is 18.2 Å². The summed E-state index contributed by atoms with van der Waals surface area (Å²) >= 11 is 0. The molecular formula is C21H28N2O3. The van der Waals surface area contributed by atoms with Gasteiger partial charge in [-0.1, -0.05) is 13.3 Å². The molecule has 1 aliphatic heterocycles. The first-order chi connectivity index (χ1) is 12.5. The normalized spacial score (nSPS) is 18.2. The van der Waals surface area contributed by atoms with Gasteiger partial charge < -0.3 is 9.72 Å². The second kappa shape index (κ2) is 8.04. The number of rotatable bonds is 5. The molecule has 5 heteroatoms. The highest BCUT2D eigenvalue weighted by atomic mass is 16.5. The number of aromatic amines is 1. The quantitative estimate of drug-likeness (QED) is 0.828. The van der Waals surface area contributed by atoms with Gasteiger partial charge in [0.1, 0.15) is 0 Å². The number of carbonyl (C=O) groups is 1. The first kappa shape index (κ1) is 18.6. The van der Waals surface area contributed by atoms with E-state index in [9.17, 15) is 9.59 Å². The molecule has 0 bridgehead atoms. The van der Waals surface area contributed by atoms with Gasteiger partial charge in [-0.05, 0) is 57.9 Å². The molecule has 140 valence electrons. The summed E-state index contributed by atoms with van der Waals surface area (Å²) in [7, 11) is 0. The van der Waals surface area contributed by atoms with Crippen molar-refractivity contribution in [2.45, 2.75) is 59.0 Å². The molecule has 2 aromatic rings. The highest BCUT2D eigenvalue weighted by molar-refractivity contribution is 5.94. The number of hydrogen-bond donors (Lipinski definition) is 1. The molecule has 1 N–H and O–H groups in total. The summed E-state index contributed by atoms with van der Waals surface area (Å²) in [5.74, 6) is -0.375. The van der Waals surface area contributed by atoms with Gasteiger partial charge in [-0.3, -0.25) is 9.69 Å². The molecule has 0 radical (unpaired) electrons. The molecule has 2 heterocycles. The predicted octanol–water partition coefficient (Wildman–Crippen LogP) is 3.78. The third-order valence-electron chi connectivity index (χ3n) is 5.29. The number of piperidine rings is 1. The Kier molecular flexibility index (Phi) is 5.77. The monoisotopic (exact) mass is 356 g/mol. The van der Waals surface area contributed by atoms with Crippen LogP contribution in [0.15, 0.2) is 23.0 Å². The van der Waals surface area contributed by atoms with Crippen LogP contribution in [0.3, 0.4) is 0 Å². The lowest BCUT2D eigenvalue weighted by Gasteiger charge is -2.33. The largest absolute Gasteiger partial charge is 0.462 e. The lowest BCUT2D eigenvalue weighted by atomic mass is 10.0. The summed E-state index contributed by atoms with van der Waals surface area (Å²) in [5.41, 5.74) is 2.90. The lowest BCUT2D eigenvalue weighted by molar-refractivity contribution is 0.0505. The number of nitrogens with zero attached hydrogens (tertiary/aromatic N) is 1. The minimum Gasteiger partial charge on any atom is -0.462 e. The van der Waals surface area contributed by atoms with Crippen molar-refractivity contribution in [3.8, 4) is 0 Å². The number of aryl methyl sites for hydroxylation is 1. The maximum absolute atomic E-state index is 13.1. The Balaban J connectivity index is 1.96. The molecule has 1 fully saturated rings. The zero-order valence-electron chi connectivity index (χ0n) is 15.9. The number of hydrogen-bond acceptors (Lipinski definition) is 4. The molecule has 26 heavy (non-hydrogen) atoms. The molecule has 5 nitrogen and oxygen atoms in total. The van der Waals surface area contributed by atoms with Crippen molar-refractivity contribution in [1.82, 2.24) is 9.88 Å². The number of esters is 1. The number of H-pyrrole nitrogens is 1. The Hall–Kier alpha value is -2.14. The van der Waals surface area contributed by atoms with E-state index in [1.807, 2.05) is 13.8 Å². The smallest absolute Gasteiger partial charge is 0.338 e. The van der Waals surface area contributed by atoms with Crippen molar-refractivity contribution in [2.75, 3.05) is 13.2 Å². The van der Waals surface area contributed by atoms with Crippen molar-refractivity contribution in [2.24, 2.45) is 0 Å². The predicted molar refractivity (Wildman–Crippen MR) is 104 cm³/mol. The third-order valence-corrected chi connectivity index (χ3v) is 5.29. The van der Waals surface area contributed by atoms with Crippen LogP contribution in [-0.4, -0.2) is 35.0 Å². The Morgan fingerprint density at radius 2 is 2.15 bits per heavy atom. The number of fused-ring (bicyclic) bond motifs is 1. The van der Waals surface area contributed by atoms with Crippen LogP contribution in [0.25, 0.3) is 10.9 Å². The standard InChI is InChI=1S/C21H28N2O3/c1-4-11-26-21(25)16-8-9-19-17(12-16)20(24)18(15(3)22-19)13-23-10-6-5-7-14(23)2/h8-9,12,14H,4-7,10-11,13H2,1-3H3,(H,22,24)/t14-/m1/s1. The molecule has 1 saturated heterocycles. The third kappa shape index (κ3) is 3.83. The van der Waals surface area contributed by atoms with Gasteiger partial charge in [-0.25, -0.2) is 4.79 Å². The fourth-order valence-electron chi connectivity index (χ4n) is 3.64. The molecule has 1 aromatic heterocycles. The highest BCUT2D eigenvalue weighted by Gasteiger charge is 2.21. The number of likely N-dealkylation sites (tertiary alicyclic amines) is 1. The maximum atomic E-state index is 13.1. The second-order valence-electron chi connectivity index (χ2n) is 7.27. The maximum Gasteiger partial charge on any atom is 0.338 e. The van der Waals surface area contributed by atoms with Crippen molar-refractivity contribution >= 4 is 16.9 Å². The Morgan fingerprint density at radius 1 is 1.35 bits per heavy atom. The Labute approximate surface area is 154 Å². The summed E-state index contributed by atoms with van der Waals surface area (Å²) in [6, 6.07) is 5.66. The SMILES string of the molecule is CCCOC(=O)c1ccc2[nH]c(C)c(CN3CCCC[C@H]3C)c(=O)c2c1. The van der Waals surface area contributed by atoms with Crippen LogP contribution in [0.1, 0.15) is 61.1 Å². The van der Waals surface area contributed by atoms with Crippen LogP contribution < -0.4 is 5.43 Å². The molecule has 0 unspecified atom stereocenters. The van der Waals surface area contributed by atoms with E-state index in [-0.39, 0.29) is 11.4 Å². The molecule has 1 aliphatic rings. The van der Waals surface area contributed by atoms with Crippen LogP contribution in [0, 0.1) is 6.92 Å². The number of aromatic nitrogens is 1. The minimum absolute atomic E-state index is 0.0131. The van der Waals surface area contributed by atoms with E-state index in [4.69, 9.17) is 4.74 Å². The van der Waals surface area contributed by atoms with Gasteiger partial charge >= 0.3 is 5.97 Å². The molecule has 0 amide bonds. The molecule has 0 saturated carbocycles. The fraction of sp³-hybridized carbons (Fsp3) is 0.524. The van der Waals surface area contributed by atoms with Gasteiger partial charge in [0, 0.05) is 34.7 Å². The van der Waals surface area contributed by atoms with Crippen LogP contribution in [0.5, 0.6) is 0 Å². The van der Waals surface area contributed by atoms with E-state index >= 15 is 0 Å².